The number of halogens is 1. The quantitative estimate of drug-likeness (QED) is 0.587. The molecule has 2 rings (SSSR count). The Bertz CT molecular complexity index is 707. The number of nitrogens with one attached hydrogen (secondary N) is 1. The van der Waals surface area contributed by atoms with Gasteiger partial charge in [-0.25, -0.2) is 0 Å². The van der Waals surface area contributed by atoms with Crippen LogP contribution in [0.4, 0.5) is 5.69 Å². The molecule has 0 aliphatic carbocycles. The van der Waals surface area contributed by atoms with Crippen LogP contribution in [0.1, 0.15) is 50.3 Å². The van der Waals surface area contributed by atoms with Gasteiger partial charge in [0.1, 0.15) is 0 Å². The topological polar surface area (TPSA) is 29.1 Å². The molecule has 0 unspecified atom stereocenters. The van der Waals surface area contributed by atoms with E-state index in [0.29, 0.717) is 6.42 Å². The molecule has 134 valence electrons. The molecule has 0 aliphatic heterocycles. The Hall–Kier alpha value is -1.87. The maximum Gasteiger partial charge on any atom is 0.224 e. The fourth-order valence-corrected chi connectivity index (χ4v) is 2.78. The van der Waals surface area contributed by atoms with Crippen molar-refractivity contribution in [2.24, 2.45) is 0 Å². The van der Waals surface area contributed by atoms with Crippen LogP contribution in [0.3, 0.4) is 0 Å². The molecule has 0 atom stereocenters. The largest absolute Gasteiger partial charge is 0.326 e. The number of anilines is 1. The van der Waals surface area contributed by atoms with Gasteiger partial charge in [-0.3, -0.25) is 4.79 Å². The zero-order valence-corrected chi connectivity index (χ0v) is 17.2. The molecule has 25 heavy (non-hydrogen) atoms. The molecule has 0 heterocycles. The van der Waals surface area contributed by atoms with Crippen LogP contribution in [0.5, 0.6) is 0 Å². The zero-order valence-electron chi connectivity index (χ0n) is 15.6. The molecule has 0 spiro atoms. The summed E-state index contributed by atoms with van der Waals surface area (Å²) in [6, 6.07) is 14.3. The number of carbonyl (C=O) groups is 1. The standard InChI is InChI=1S/C12H16BrNO.C10H12/c1-3-5-12(15)14-11-7-6-10(13)8-9(11)4-2;1-3-6-10-8-5-4-7-9(10)2/h6-8H,3-5H2,1-2H3,(H,14,15);3-8H,1-2H3/b;6-3-. The predicted octanol–water partition coefficient (Wildman–Crippen LogP) is 6.78. The first-order chi connectivity index (χ1) is 12.0. The Morgan fingerprint density at radius 2 is 1.88 bits per heavy atom. The van der Waals surface area contributed by atoms with Crippen molar-refractivity contribution < 1.29 is 4.79 Å². The Kier molecular flexibility index (Phi) is 9.86. The van der Waals surface area contributed by atoms with E-state index in [1.54, 1.807) is 0 Å². The van der Waals surface area contributed by atoms with Gasteiger partial charge in [0, 0.05) is 16.6 Å². The summed E-state index contributed by atoms with van der Waals surface area (Å²) >= 11 is 3.42. The number of hydrogen-bond acceptors (Lipinski definition) is 1. The number of aryl methyl sites for hydroxylation is 2. The van der Waals surface area contributed by atoms with Crippen molar-refractivity contribution in [3.63, 3.8) is 0 Å². The highest BCUT2D eigenvalue weighted by atomic mass is 79.9. The van der Waals surface area contributed by atoms with Crippen molar-refractivity contribution in [1.82, 2.24) is 0 Å². The molecule has 3 heteroatoms. The van der Waals surface area contributed by atoms with Crippen LogP contribution in [0.25, 0.3) is 6.08 Å². The highest BCUT2D eigenvalue weighted by Gasteiger charge is 2.05. The first-order valence-corrected chi connectivity index (χ1v) is 9.57. The van der Waals surface area contributed by atoms with Crippen molar-refractivity contribution in [2.45, 2.75) is 47.0 Å². The van der Waals surface area contributed by atoms with Gasteiger partial charge >= 0.3 is 0 Å². The second-order valence-electron chi connectivity index (χ2n) is 5.81. The molecule has 2 aromatic carbocycles. The van der Waals surface area contributed by atoms with Gasteiger partial charge < -0.3 is 5.32 Å². The molecule has 0 aromatic heterocycles. The van der Waals surface area contributed by atoms with Crippen molar-refractivity contribution in [2.75, 3.05) is 5.32 Å². The minimum absolute atomic E-state index is 0.0922. The molecule has 0 bridgehead atoms. The minimum Gasteiger partial charge on any atom is -0.326 e. The van der Waals surface area contributed by atoms with Crippen LogP contribution < -0.4 is 5.32 Å². The van der Waals surface area contributed by atoms with Crippen molar-refractivity contribution in [1.29, 1.82) is 0 Å². The summed E-state index contributed by atoms with van der Waals surface area (Å²) in [5.74, 6) is 0.0922. The summed E-state index contributed by atoms with van der Waals surface area (Å²) in [6.45, 7) is 8.24. The number of amides is 1. The van der Waals surface area contributed by atoms with Gasteiger partial charge in [-0.2, -0.15) is 0 Å². The average Bonchev–Trinajstić information content (AvgIpc) is 2.59. The van der Waals surface area contributed by atoms with E-state index in [1.165, 1.54) is 11.1 Å². The third-order valence-electron chi connectivity index (χ3n) is 3.73. The normalized spacial score (nSPS) is 10.3. The number of allylic oxidation sites excluding steroid dienone is 1. The molecule has 0 radical (unpaired) electrons. The Balaban J connectivity index is 0.000000271. The van der Waals surface area contributed by atoms with E-state index in [2.05, 4.69) is 71.5 Å². The fourth-order valence-electron chi connectivity index (χ4n) is 2.37. The molecular formula is C22H28BrNO. The summed E-state index contributed by atoms with van der Waals surface area (Å²) in [5, 5.41) is 2.93. The lowest BCUT2D eigenvalue weighted by Gasteiger charge is -2.09. The van der Waals surface area contributed by atoms with Crippen LogP contribution in [0.2, 0.25) is 0 Å². The summed E-state index contributed by atoms with van der Waals surface area (Å²) in [7, 11) is 0. The summed E-state index contributed by atoms with van der Waals surface area (Å²) < 4.78 is 1.05. The van der Waals surface area contributed by atoms with Crippen LogP contribution in [-0.2, 0) is 11.2 Å². The van der Waals surface area contributed by atoms with Gasteiger partial charge in [-0.05, 0) is 61.6 Å². The lowest BCUT2D eigenvalue weighted by Crippen LogP contribution is -2.12. The van der Waals surface area contributed by atoms with Gasteiger partial charge in [0.05, 0.1) is 0 Å². The summed E-state index contributed by atoms with van der Waals surface area (Å²) in [4.78, 5) is 11.4. The van der Waals surface area contributed by atoms with Gasteiger partial charge in [0.15, 0.2) is 0 Å². The molecule has 0 fully saturated rings. The maximum atomic E-state index is 11.4. The van der Waals surface area contributed by atoms with Crippen molar-refractivity contribution in [3.8, 4) is 0 Å². The Morgan fingerprint density at radius 1 is 1.16 bits per heavy atom. The van der Waals surface area contributed by atoms with Crippen molar-refractivity contribution in [3.05, 3.63) is 69.7 Å². The maximum absolute atomic E-state index is 11.4. The average molecular weight is 402 g/mol. The number of benzene rings is 2. The molecule has 0 saturated carbocycles. The van der Waals surface area contributed by atoms with Crippen LogP contribution in [0, 0.1) is 6.92 Å². The molecule has 2 nitrogen and oxygen atoms in total. The first kappa shape index (κ1) is 21.2. The van der Waals surface area contributed by atoms with Gasteiger partial charge in [0.25, 0.3) is 0 Å². The van der Waals surface area contributed by atoms with E-state index in [-0.39, 0.29) is 5.91 Å². The highest BCUT2D eigenvalue weighted by Crippen LogP contribution is 2.21. The molecule has 1 N–H and O–H groups in total. The Labute approximate surface area is 160 Å². The summed E-state index contributed by atoms with van der Waals surface area (Å²) in [6.07, 6.45) is 6.56. The highest BCUT2D eigenvalue weighted by molar-refractivity contribution is 9.10. The van der Waals surface area contributed by atoms with Crippen molar-refractivity contribution >= 4 is 33.6 Å². The predicted molar refractivity (Wildman–Crippen MR) is 113 cm³/mol. The lowest BCUT2D eigenvalue weighted by atomic mass is 10.1. The number of carbonyl (C=O) groups excluding carboxylic acids is 1. The molecule has 0 saturated heterocycles. The van der Waals surface area contributed by atoms with E-state index < -0.39 is 0 Å². The second kappa shape index (κ2) is 11.6. The monoisotopic (exact) mass is 401 g/mol. The molecule has 1 amide bonds. The van der Waals surface area contributed by atoms with E-state index in [0.717, 1.165) is 28.6 Å². The molecular weight excluding hydrogens is 374 g/mol. The number of hydrogen-bond donors (Lipinski definition) is 1. The smallest absolute Gasteiger partial charge is 0.224 e. The van der Waals surface area contributed by atoms with E-state index in [4.69, 9.17) is 0 Å². The number of rotatable bonds is 5. The molecule has 2 aromatic rings. The third-order valence-corrected chi connectivity index (χ3v) is 4.23. The van der Waals surface area contributed by atoms with E-state index in [9.17, 15) is 4.79 Å². The Morgan fingerprint density at radius 3 is 2.48 bits per heavy atom. The lowest BCUT2D eigenvalue weighted by molar-refractivity contribution is -0.116. The van der Waals surface area contributed by atoms with Gasteiger partial charge in [0.2, 0.25) is 5.91 Å². The van der Waals surface area contributed by atoms with Crippen LogP contribution in [0.15, 0.2) is 53.0 Å². The summed E-state index contributed by atoms with van der Waals surface area (Å²) in [5.41, 5.74) is 4.73. The zero-order chi connectivity index (χ0) is 18.7. The van der Waals surface area contributed by atoms with Gasteiger partial charge in [-0.15, -0.1) is 0 Å². The van der Waals surface area contributed by atoms with E-state index >= 15 is 0 Å². The first-order valence-electron chi connectivity index (χ1n) is 8.78. The second-order valence-corrected chi connectivity index (χ2v) is 6.73. The van der Waals surface area contributed by atoms with Crippen LogP contribution in [-0.4, -0.2) is 5.91 Å². The minimum atomic E-state index is 0.0922. The van der Waals surface area contributed by atoms with E-state index in [1.807, 2.05) is 32.0 Å². The van der Waals surface area contributed by atoms with Crippen LogP contribution >= 0.6 is 15.9 Å². The van der Waals surface area contributed by atoms with Gasteiger partial charge in [-0.1, -0.05) is 66.2 Å². The third kappa shape index (κ3) is 7.70. The molecule has 0 aliphatic rings. The SMILES string of the molecule is C/C=C\c1ccccc1C.CCCC(=O)Nc1ccc(Br)cc1CC. The fraction of sp³-hybridized carbons (Fsp3) is 0.318.